The molecule has 3 rings (SSSR count). The van der Waals surface area contributed by atoms with E-state index in [0.29, 0.717) is 16.5 Å². The predicted octanol–water partition coefficient (Wildman–Crippen LogP) is 6.55. The van der Waals surface area contributed by atoms with Gasteiger partial charge in [-0.25, -0.2) is 4.79 Å². The molecule has 0 spiro atoms. The summed E-state index contributed by atoms with van der Waals surface area (Å²) < 4.78 is 39.4. The molecular weight excluding hydrogens is 383 g/mol. The maximum Gasteiger partial charge on any atom is 0.418 e. The summed E-state index contributed by atoms with van der Waals surface area (Å²) in [5, 5.41) is 8.68. The third-order valence-electron chi connectivity index (χ3n) is 3.75. The highest BCUT2D eigenvalue weighted by Gasteiger charge is 2.34. The molecule has 0 fully saturated rings. The van der Waals surface area contributed by atoms with Crippen molar-refractivity contribution in [3.63, 3.8) is 0 Å². The molecule has 2 amide bonds. The summed E-state index contributed by atoms with van der Waals surface area (Å²) in [6.45, 7) is 0. The van der Waals surface area contributed by atoms with Gasteiger partial charge in [0, 0.05) is 10.4 Å². The molecule has 0 radical (unpaired) electrons. The zero-order valence-electron chi connectivity index (χ0n) is 13.5. The summed E-state index contributed by atoms with van der Waals surface area (Å²) >= 11 is 5.62. The minimum Gasteiger partial charge on any atom is -0.307 e. The number of fused-ring (bicyclic) bond motifs is 1. The van der Waals surface area contributed by atoms with Crippen molar-refractivity contribution in [2.75, 3.05) is 10.6 Å². The van der Waals surface area contributed by atoms with E-state index in [1.54, 1.807) is 24.3 Å². The molecule has 0 atom stereocenters. The molecule has 0 unspecified atom stereocenters. The highest BCUT2D eigenvalue weighted by atomic mass is 35.5. The third-order valence-corrected chi connectivity index (χ3v) is 3.99. The summed E-state index contributed by atoms with van der Waals surface area (Å²) in [4.78, 5) is 22.8. The summed E-state index contributed by atoms with van der Waals surface area (Å²) in [5.41, 5.74) is -0.882. The fourth-order valence-electron chi connectivity index (χ4n) is 2.57. The molecule has 0 heterocycles. The normalized spacial score (nSPS) is 11.3. The second-order valence-electron chi connectivity index (χ2n) is 5.57. The summed E-state index contributed by atoms with van der Waals surface area (Å²) in [5.74, 6) is 0. The number of nitrogens with one attached hydrogen (secondary N) is 2. The van der Waals surface area contributed by atoms with Gasteiger partial charge in [-0.3, -0.25) is 0 Å². The quantitative estimate of drug-likeness (QED) is 0.495. The molecule has 138 valence electrons. The molecule has 9 heteroatoms. The van der Waals surface area contributed by atoms with E-state index >= 15 is 0 Å². The van der Waals surface area contributed by atoms with Crippen molar-refractivity contribution in [2.45, 2.75) is 6.18 Å². The lowest BCUT2D eigenvalue weighted by Gasteiger charge is -2.15. The van der Waals surface area contributed by atoms with Crippen LogP contribution in [0.3, 0.4) is 0 Å². The van der Waals surface area contributed by atoms with Crippen LogP contribution in [-0.4, -0.2) is 6.03 Å². The van der Waals surface area contributed by atoms with Crippen LogP contribution >= 0.6 is 11.6 Å². The van der Waals surface area contributed by atoms with E-state index in [2.05, 4.69) is 15.8 Å². The van der Waals surface area contributed by atoms with Gasteiger partial charge in [-0.05, 0) is 47.0 Å². The number of urea groups is 1. The smallest absolute Gasteiger partial charge is 0.307 e. The van der Waals surface area contributed by atoms with E-state index in [0.717, 1.165) is 12.1 Å². The lowest BCUT2D eigenvalue weighted by molar-refractivity contribution is -0.136. The Morgan fingerprint density at radius 3 is 2.41 bits per heavy atom. The minimum absolute atomic E-state index is 0.0954. The van der Waals surface area contributed by atoms with E-state index < -0.39 is 23.5 Å². The van der Waals surface area contributed by atoms with Crippen LogP contribution in [0.2, 0.25) is 5.02 Å². The summed E-state index contributed by atoms with van der Waals surface area (Å²) in [6.07, 6.45) is -4.68. The second kappa shape index (κ2) is 7.24. The molecule has 5 nitrogen and oxygen atoms in total. The zero-order chi connectivity index (χ0) is 19.6. The van der Waals surface area contributed by atoms with Crippen LogP contribution in [0.1, 0.15) is 5.56 Å². The molecule has 27 heavy (non-hydrogen) atoms. The Hall–Kier alpha value is -3.13. The fourth-order valence-corrected chi connectivity index (χ4v) is 2.74. The molecule has 0 saturated heterocycles. The highest BCUT2D eigenvalue weighted by Crippen LogP contribution is 2.36. The minimum atomic E-state index is -4.68. The Labute approximate surface area is 156 Å². The second-order valence-corrected chi connectivity index (χ2v) is 6.01. The Kier molecular flexibility index (Phi) is 5.00. The van der Waals surface area contributed by atoms with E-state index in [-0.39, 0.29) is 10.7 Å². The molecule has 3 aromatic carbocycles. The molecule has 0 aliphatic carbocycles. The molecule has 0 aliphatic heterocycles. The Bertz CT molecular complexity index is 1040. The molecule has 3 aromatic rings. The highest BCUT2D eigenvalue weighted by molar-refractivity contribution is 6.30. The van der Waals surface area contributed by atoms with Crippen LogP contribution in [0.4, 0.5) is 35.0 Å². The van der Waals surface area contributed by atoms with Gasteiger partial charge in [0.15, 0.2) is 0 Å². The lowest BCUT2D eigenvalue weighted by Crippen LogP contribution is -2.22. The number of hydrogen-bond donors (Lipinski definition) is 2. The van der Waals surface area contributed by atoms with E-state index in [9.17, 15) is 22.9 Å². The molecular formula is C18H11ClF3N3O2. The monoisotopic (exact) mass is 393 g/mol. The van der Waals surface area contributed by atoms with Crippen molar-refractivity contribution in [1.82, 2.24) is 0 Å². The Morgan fingerprint density at radius 2 is 1.70 bits per heavy atom. The first-order valence-electron chi connectivity index (χ1n) is 7.59. The first-order valence-corrected chi connectivity index (χ1v) is 7.96. The lowest BCUT2D eigenvalue weighted by atomic mass is 10.1. The number of halogens is 4. The topological polar surface area (TPSA) is 70.6 Å². The number of nitrogens with zero attached hydrogens (tertiary/aromatic N) is 1. The number of benzene rings is 3. The van der Waals surface area contributed by atoms with Crippen LogP contribution in [0, 0.1) is 4.91 Å². The van der Waals surface area contributed by atoms with Crippen molar-refractivity contribution in [3.8, 4) is 0 Å². The van der Waals surface area contributed by atoms with Gasteiger partial charge in [-0.15, -0.1) is 4.91 Å². The number of rotatable bonds is 3. The third kappa shape index (κ3) is 4.17. The number of alkyl halides is 3. The number of nitroso groups, excluding NO2 is 1. The van der Waals surface area contributed by atoms with Gasteiger partial charge in [0.1, 0.15) is 5.69 Å². The van der Waals surface area contributed by atoms with Crippen LogP contribution < -0.4 is 10.6 Å². The Balaban J connectivity index is 1.87. The number of hydrogen-bond acceptors (Lipinski definition) is 3. The van der Waals surface area contributed by atoms with Crippen molar-refractivity contribution in [3.05, 3.63) is 70.1 Å². The van der Waals surface area contributed by atoms with Crippen molar-refractivity contribution in [2.24, 2.45) is 5.18 Å². The molecule has 2 N–H and O–H groups in total. The van der Waals surface area contributed by atoms with Crippen LogP contribution in [-0.2, 0) is 6.18 Å². The predicted molar refractivity (Wildman–Crippen MR) is 98.5 cm³/mol. The van der Waals surface area contributed by atoms with Gasteiger partial charge in [-0.1, -0.05) is 29.8 Å². The van der Waals surface area contributed by atoms with Crippen molar-refractivity contribution >= 4 is 45.5 Å². The van der Waals surface area contributed by atoms with Crippen molar-refractivity contribution < 1.29 is 18.0 Å². The number of carbonyl (C=O) groups excluding carboxylic acids is 1. The maximum atomic E-state index is 13.1. The SMILES string of the molecule is O=Nc1ccc2c(NC(=O)Nc3ccc(Cl)cc3C(F)(F)F)cccc2c1. The van der Waals surface area contributed by atoms with Crippen LogP contribution in [0.25, 0.3) is 10.8 Å². The molecule has 0 bridgehead atoms. The summed E-state index contributed by atoms with van der Waals surface area (Å²) in [6, 6.07) is 11.7. The van der Waals surface area contributed by atoms with E-state index in [4.69, 9.17) is 11.6 Å². The average Bonchev–Trinajstić information content (AvgIpc) is 2.62. The molecule has 0 saturated carbocycles. The zero-order valence-corrected chi connectivity index (χ0v) is 14.2. The van der Waals surface area contributed by atoms with Crippen LogP contribution in [0.5, 0.6) is 0 Å². The van der Waals surface area contributed by atoms with Gasteiger partial charge < -0.3 is 10.6 Å². The van der Waals surface area contributed by atoms with Gasteiger partial charge in [0.25, 0.3) is 0 Å². The largest absolute Gasteiger partial charge is 0.418 e. The summed E-state index contributed by atoms with van der Waals surface area (Å²) in [7, 11) is 0. The van der Waals surface area contributed by atoms with Gasteiger partial charge >= 0.3 is 12.2 Å². The van der Waals surface area contributed by atoms with Gasteiger partial charge in [0.05, 0.1) is 16.9 Å². The number of amides is 2. The van der Waals surface area contributed by atoms with Crippen molar-refractivity contribution in [1.29, 1.82) is 0 Å². The van der Waals surface area contributed by atoms with E-state index in [1.807, 2.05) is 0 Å². The van der Waals surface area contributed by atoms with Crippen LogP contribution in [0.15, 0.2) is 59.8 Å². The first-order chi connectivity index (χ1) is 12.8. The molecule has 0 aromatic heterocycles. The Morgan fingerprint density at radius 1 is 0.963 bits per heavy atom. The average molecular weight is 394 g/mol. The molecule has 0 aliphatic rings. The number of anilines is 2. The first kappa shape index (κ1) is 18.7. The standard InChI is InChI=1S/C18H11ClF3N3O2/c19-11-4-7-16(14(9-11)18(20,21)22)24-17(26)23-15-3-1-2-10-8-12(25-27)5-6-13(10)15/h1-9H,(H2,23,24,26). The van der Waals surface area contributed by atoms with Gasteiger partial charge in [-0.2, -0.15) is 13.2 Å². The number of carbonyl (C=O) groups is 1. The van der Waals surface area contributed by atoms with E-state index in [1.165, 1.54) is 18.2 Å². The van der Waals surface area contributed by atoms with Gasteiger partial charge in [0.2, 0.25) is 0 Å². The maximum absolute atomic E-state index is 13.1. The fraction of sp³-hybridized carbons (Fsp3) is 0.0556.